The van der Waals surface area contributed by atoms with Crippen LogP contribution in [-0.4, -0.2) is 0 Å². The van der Waals surface area contributed by atoms with E-state index in [2.05, 4.69) is 401 Å². The normalized spacial score (nSPS) is 11.6. The van der Waals surface area contributed by atoms with Crippen LogP contribution in [0.4, 0.5) is 68.2 Å². The summed E-state index contributed by atoms with van der Waals surface area (Å²) in [6, 6.07) is 127. The van der Waals surface area contributed by atoms with Crippen LogP contribution in [0, 0.1) is 41.5 Å². The van der Waals surface area contributed by atoms with Crippen LogP contribution in [0.25, 0.3) is 97.3 Å². The molecular formula is C98H74N4. The van der Waals surface area contributed by atoms with Gasteiger partial charge in [-0.1, -0.05) is 193 Å². The molecule has 0 radical (unpaired) electrons. The zero-order chi connectivity index (χ0) is 68.7. The summed E-state index contributed by atoms with van der Waals surface area (Å²) in [5.74, 6) is 0. The van der Waals surface area contributed by atoms with Gasteiger partial charge in [-0.2, -0.15) is 0 Å². The molecule has 18 rings (SSSR count). The molecule has 0 aliphatic carbocycles. The Hall–Kier alpha value is -12.8. The van der Waals surface area contributed by atoms with E-state index in [1.54, 1.807) is 0 Å². The fraction of sp³-hybridized carbons (Fsp3) is 0.0612. The number of aryl methyl sites for hydroxylation is 6. The van der Waals surface area contributed by atoms with Gasteiger partial charge in [0.1, 0.15) is 0 Å². The van der Waals surface area contributed by atoms with E-state index in [4.69, 9.17) is 0 Å². The zero-order valence-corrected chi connectivity index (χ0v) is 58.1. The van der Waals surface area contributed by atoms with Crippen LogP contribution in [0.5, 0.6) is 0 Å². The monoisotopic (exact) mass is 1310 g/mol. The number of hydrogen-bond acceptors (Lipinski definition) is 4. The molecule has 0 heterocycles. The number of hydrogen-bond donors (Lipinski definition) is 0. The van der Waals surface area contributed by atoms with Crippen LogP contribution in [0.1, 0.15) is 33.4 Å². The molecule has 4 heteroatoms. The molecule has 0 unspecified atom stereocenters. The van der Waals surface area contributed by atoms with E-state index in [-0.39, 0.29) is 0 Å². The van der Waals surface area contributed by atoms with Crippen LogP contribution in [0.2, 0.25) is 0 Å². The fourth-order valence-electron chi connectivity index (χ4n) is 15.6. The quantitative estimate of drug-likeness (QED) is 0.114. The Labute approximate surface area is 596 Å². The molecule has 0 saturated heterocycles. The highest BCUT2D eigenvalue weighted by atomic mass is 15.2. The topological polar surface area (TPSA) is 13.0 Å². The number of anilines is 12. The number of benzene rings is 18. The smallest absolute Gasteiger partial charge is 0.0470 e. The maximum Gasteiger partial charge on any atom is 0.0470 e. The lowest BCUT2D eigenvalue weighted by Crippen LogP contribution is -2.12. The Morgan fingerprint density at radius 1 is 0.147 bits per heavy atom. The zero-order valence-electron chi connectivity index (χ0n) is 58.1. The number of rotatable bonds is 13. The summed E-state index contributed by atoms with van der Waals surface area (Å²) >= 11 is 0. The van der Waals surface area contributed by atoms with Crippen molar-refractivity contribution in [2.24, 2.45) is 0 Å². The average molecular weight is 1310 g/mol. The van der Waals surface area contributed by atoms with Gasteiger partial charge in [-0.3, -0.25) is 0 Å². The first kappa shape index (κ1) is 61.6. The van der Waals surface area contributed by atoms with Crippen LogP contribution >= 0.6 is 0 Å². The summed E-state index contributed by atoms with van der Waals surface area (Å²) in [5.41, 5.74) is 23.0. The van der Waals surface area contributed by atoms with Crippen LogP contribution in [0.3, 0.4) is 0 Å². The van der Waals surface area contributed by atoms with E-state index >= 15 is 0 Å². The second kappa shape index (κ2) is 25.2. The lowest BCUT2D eigenvalue weighted by Gasteiger charge is -2.29. The maximum atomic E-state index is 2.45. The minimum Gasteiger partial charge on any atom is -0.310 e. The molecule has 0 aliphatic heterocycles. The maximum absolute atomic E-state index is 2.45. The van der Waals surface area contributed by atoms with Gasteiger partial charge in [0.15, 0.2) is 0 Å². The van der Waals surface area contributed by atoms with Gasteiger partial charge in [-0.15, -0.1) is 0 Å². The standard InChI is InChI=1S/C98H74N4/c1-63-23-37-83(38-24-63)99(85-41-31-69-15-7-11-19-75(69)53-85)91-47-65(3)96-60-92(48-66(4)95(96)59-91)100(84-39-25-64(2)26-40-84)89-45-35-73-27-29-79(51-81(73)57-89)80-30-28-74-36-46-90(58-82(74)52-80)102(88-44-34-72-18-10-14-22-78(72)56-88)94-50-68(6)97-61-93(49-67(5)98(97)62-94)101(86-42-32-70-16-8-12-20-76(70)54-86)87-43-33-71-17-9-13-21-77(71)55-87/h7-62H,1-6H3. The first-order chi connectivity index (χ1) is 49.9. The van der Waals surface area contributed by atoms with Crippen molar-refractivity contribution < 1.29 is 0 Å². The van der Waals surface area contributed by atoms with Gasteiger partial charge in [0.25, 0.3) is 0 Å². The molecule has 18 aromatic rings. The predicted molar refractivity (Wildman–Crippen MR) is 439 cm³/mol. The van der Waals surface area contributed by atoms with Gasteiger partial charge in [0.2, 0.25) is 0 Å². The highest BCUT2D eigenvalue weighted by Gasteiger charge is 2.23. The first-order valence-electron chi connectivity index (χ1n) is 35.4. The Morgan fingerprint density at radius 2 is 0.353 bits per heavy atom. The van der Waals surface area contributed by atoms with E-state index in [9.17, 15) is 0 Å². The Balaban J connectivity index is 0.711. The van der Waals surface area contributed by atoms with Crippen molar-refractivity contribution in [3.8, 4) is 11.1 Å². The summed E-state index contributed by atoms with van der Waals surface area (Å²) in [6.07, 6.45) is 0. The van der Waals surface area contributed by atoms with Crippen LogP contribution in [0.15, 0.2) is 340 Å². The van der Waals surface area contributed by atoms with Gasteiger partial charge in [-0.05, 0) is 319 Å². The molecule has 486 valence electrons. The highest BCUT2D eigenvalue weighted by Crippen LogP contribution is 2.47. The molecular weight excluding hydrogens is 1230 g/mol. The number of nitrogens with zero attached hydrogens (tertiary/aromatic N) is 4. The third kappa shape index (κ3) is 11.3. The SMILES string of the molecule is Cc1ccc(N(c2ccc3ccccc3c2)c2cc(C)c3cc(N(c4ccc(C)cc4)c4ccc5ccc(-c6ccc7ccc(N(c8ccc9ccccc9c8)c8cc(C)c9cc(N(c%10ccc%11ccccc%11c%10)c%10ccc%11ccccc%11c%10)cc(C)c9c8)cc7c6)cc5c4)cc(C)c3c2)cc1. The third-order valence-corrected chi connectivity index (χ3v) is 21.0. The predicted octanol–water partition coefficient (Wildman–Crippen LogP) is 28.3. The summed E-state index contributed by atoms with van der Waals surface area (Å²) < 4.78 is 0. The molecule has 18 aromatic carbocycles. The van der Waals surface area contributed by atoms with E-state index < -0.39 is 0 Å². The second-order valence-corrected chi connectivity index (χ2v) is 27.9. The van der Waals surface area contributed by atoms with E-state index in [0.717, 1.165) is 79.4 Å². The molecule has 0 aromatic heterocycles. The highest BCUT2D eigenvalue weighted by molar-refractivity contribution is 6.04. The van der Waals surface area contributed by atoms with Gasteiger partial charge in [0, 0.05) is 68.2 Å². The van der Waals surface area contributed by atoms with Crippen molar-refractivity contribution in [1.29, 1.82) is 0 Å². The first-order valence-corrected chi connectivity index (χ1v) is 35.4. The summed E-state index contributed by atoms with van der Waals surface area (Å²) in [7, 11) is 0. The lowest BCUT2D eigenvalue weighted by atomic mass is 9.96. The molecule has 4 nitrogen and oxygen atoms in total. The molecule has 0 aliphatic rings. The Bertz CT molecular complexity index is 6290. The van der Waals surface area contributed by atoms with Crippen molar-refractivity contribution in [3.05, 3.63) is 373 Å². The van der Waals surface area contributed by atoms with Crippen molar-refractivity contribution >= 4 is 154 Å². The summed E-state index contributed by atoms with van der Waals surface area (Å²) in [5, 5.41) is 19.3. The second-order valence-electron chi connectivity index (χ2n) is 27.9. The molecule has 0 amide bonds. The third-order valence-electron chi connectivity index (χ3n) is 21.0. The fourth-order valence-corrected chi connectivity index (χ4v) is 15.6. The van der Waals surface area contributed by atoms with Crippen molar-refractivity contribution in [3.63, 3.8) is 0 Å². The minimum atomic E-state index is 1.09. The molecule has 0 saturated carbocycles. The van der Waals surface area contributed by atoms with Gasteiger partial charge < -0.3 is 19.6 Å². The number of fused-ring (bicyclic) bond motifs is 8. The van der Waals surface area contributed by atoms with Crippen molar-refractivity contribution in [2.75, 3.05) is 19.6 Å². The molecule has 0 bridgehead atoms. The van der Waals surface area contributed by atoms with Crippen molar-refractivity contribution in [2.45, 2.75) is 41.5 Å². The average Bonchev–Trinajstić information content (AvgIpc) is 0.757. The van der Waals surface area contributed by atoms with Crippen molar-refractivity contribution in [1.82, 2.24) is 0 Å². The van der Waals surface area contributed by atoms with E-state index in [1.165, 1.54) is 120 Å². The minimum absolute atomic E-state index is 1.09. The van der Waals surface area contributed by atoms with E-state index in [1.807, 2.05) is 0 Å². The molecule has 0 N–H and O–H groups in total. The van der Waals surface area contributed by atoms with Gasteiger partial charge in [0.05, 0.1) is 0 Å². The summed E-state index contributed by atoms with van der Waals surface area (Å²) in [6.45, 7) is 13.4. The van der Waals surface area contributed by atoms with Crippen LogP contribution < -0.4 is 19.6 Å². The Morgan fingerprint density at radius 3 is 0.618 bits per heavy atom. The largest absolute Gasteiger partial charge is 0.310 e. The van der Waals surface area contributed by atoms with Gasteiger partial charge in [-0.25, -0.2) is 0 Å². The van der Waals surface area contributed by atoms with Gasteiger partial charge >= 0.3 is 0 Å². The van der Waals surface area contributed by atoms with Crippen LogP contribution in [-0.2, 0) is 0 Å². The Kier molecular flexibility index (Phi) is 15.2. The molecule has 0 spiro atoms. The lowest BCUT2D eigenvalue weighted by molar-refractivity contribution is 1.26. The molecule has 102 heavy (non-hydrogen) atoms. The molecule has 0 fully saturated rings. The summed E-state index contributed by atoms with van der Waals surface area (Å²) in [4.78, 5) is 9.72. The molecule has 0 atom stereocenters. The van der Waals surface area contributed by atoms with E-state index in [0.29, 0.717) is 0 Å².